The summed E-state index contributed by atoms with van der Waals surface area (Å²) in [6.45, 7) is 9.29. The monoisotopic (exact) mass is 258 g/mol. The number of nitrogens with zero attached hydrogens (tertiary/aromatic N) is 2. The van der Waals surface area contributed by atoms with Crippen LogP contribution in [-0.4, -0.2) is 21.7 Å². The standard InChI is InChI=1S/C15H22N4/c1-11-6-5-7-12(10-11)16-9-8-13-17-14(19-18-13)15(2,3)4/h5-7,10,16H,8-9H2,1-4H3,(H,17,18,19). The van der Waals surface area contributed by atoms with Crippen LogP contribution in [0.2, 0.25) is 0 Å². The molecule has 1 aromatic carbocycles. The van der Waals surface area contributed by atoms with E-state index < -0.39 is 0 Å². The normalized spacial score (nSPS) is 11.6. The van der Waals surface area contributed by atoms with Crippen LogP contribution < -0.4 is 5.32 Å². The van der Waals surface area contributed by atoms with Crippen LogP contribution in [-0.2, 0) is 11.8 Å². The van der Waals surface area contributed by atoms with Crippen LogP contribution in [0.4, 0.5) is 5.69 Å². The summed E-state index contributed by atoms with van der Waals surface area (Å²) in [6, 6.07) is 8.37. The molecular weight excluding hydrogens is 236 g/mol. The van der Waals surface area contributed by atoms with Crippen molar-refractivity contribution in [2.45, 2.75) is 39.5 Å². The van der Waals surface area contributed by atoms with Crippen molar-refractivity contribution < 1.29 is 0 Å². The minimum atomic E-state index is -0.00127. The van der Waals surface area contributed by atoms with Crippen molar-refractivity contribution >= 4 is 5.69 Å². The van der Waals surface area contributed by atoms with Crippen molar-refractivity contribution in [1.29, 1.82) is 0 Å². The molecule has 0 fully saturated rings. The van der Waals surface area contributed by atoms with Crippen molar-refractivity contribution in [2.75, 3.05) is 11.9 Å². The van der Waals surface area contributed by atoms with E-state index in [0.29, 0.717) is 0 Å². The molecule has 0 aliphatic rings. The number of hydrogen-bond acceptors (Lipinski definition) is 3. The Balaban J connectivity index is 1.88. The molecule has 0 saturated carbocycles. The first-order valence-corrected chi connectivity index (χ1v) is 6.67. The van der Waals surface area contributed by atoms with Crippen LogP contribution in [0.1, 0.15) is 38.0 Å². The molecule has 0 unspecified atom stereocenters. The molecule has 0 atom stereocenters. The van der Waals surface area contributed by atoms with Gasteiger partial charge in [-0.05, 0) is 24.6 Å². The van der Waals surface area contributed by atoms with Gasteiger partial charge >= 0.3 is 0 Å². The lowest BCUT2D eigenvalue weighted by atomic mass is 9.96. The molecule has 0 aliphatic carbocycles. The van der Waals surface area contributed by atoms with E-state index in [1.54, 1.807) is 0 Å². The predicted octanol–water partition coefficient (Wildman–Crippen LogP) is 3.07. The van der Waals surface area contributed by atoms with E-state index in [-0.39, 0.29) is 5.41 Å². The van der Waals surface area contributed by atoms with Gasteiger partial charge in [0.2, 0.25) is 0 Å². The SMILES string of the molecule is Cc1cccc(NCCc2nc(C(C)(C)C)n[nH]2)c1. The molecule has 0 aliphatic heterocycles. The maximum absolute atomic E-state index is 4.52. The molecule has 1 aromatic heterocycles. The molecule has 2 rings (SSSR count). The maximum atomic E-state index is 4.52. The first-order valence-electron chi connectivity index (χ1n) is 6.67. The lowest BCUT2D eigenvalue weighted by Crippen LogP contribution is -2.13. The van der Waals surface area contributed by atoms with Gasteiger partial charge in [0.1, 0.15) is 5.82 Å². The second kappa shape index (κ2) is 5.43. The first kappa shape index (κ1) is 13.6. The van der Waals surface area contributed by atoms with Crippen molar-refractivity contribution in [3.63, 3.8) is 0 Å². The van der Waals surface area contributed by atoms with Gasteiger partial charge in [-0.3, -0.25) is 5.10 Å². The number of benzene rings is 1. The fraction of sp³-hybridized carbons (Fsp3) is 0.467. The summed E-state index contributed by atoms with van der Waals surface area (Å²) in [5, 5.41) is 10.7. The Morgan fingerprint density at radius 1 is 1.26 bits per heavy atom. The van der Waals surface area contributed by atoms with Crippen LogP contribution >= 0.6 is 0 Å². The Labute approximate surface area is 114 Å². The minimum absolute atomic E-state index is 0.00127. The van der Waals surface area contributed by atoms with Gasteiger partial charge in [0.05, 0.1) is 0 Å². The van der Waals surface area contributed by atoms with Crippen LogP contribution in [0.25, 0.3) is 0 Å². The van der Waals surface area contributed by atoms with Gasteiger partial charge in [-0.2, -0.15) is 5.10 Å². The fourth-order valence-corrected chi connectivity index (χ4v) is 1.82. The molecule has 0 saturated heterocycles. The lowest BCUT2D eigenvalue weighted by molar-refractivity contribution is 0.547. The summed E-state index contributed by atoms with van der Waals surface area (Å²) in [5.74, 6) is 1.81. The molecule has 0 spiro atoms. The highest BCUT2D eigenvalue weighted by Gasteiger charge is 2.18. The summed E-state index contributed by atoms with van der Waals surface area (Å²) in [5.41, 5.74) is 2.41. The number of aromatic amines is 1. The van der Waals surface area contributed by atoms with Gasteiger partial charge in [-0.1, -0.05) is 32.9 Å². The Morgan fingerprint density at radius 2 is 2.05 bits per heavy atom. The summed E-state index contributed by atoms with van der Waals surface area (Å²) < 4.78 is 0. The molecule has 0 amide bonds. The lowest BCUT2D eigenvalue weighted by Gasteiger charge is -2.11. The van der Waals surface area contributed by atoms with Crippen molar-refractivity contribution in [3.05, 3.63) is 41.5 Å². The number of rotatable bonds is 4. The van der Waals surface area contributed by atoms with E-state index >= 15 is 0 Å². The van der Waals surface area contributed by atoms with E-state index in [2.05, 4.69) is 72.5 Å². The number of aromatic nitrogens is 3. The van der Waals surface area contributed by atoms with Gasteiger partial charge < -0.3 is 5.32 Å². The highest BCUT2D eigenvalue weighted by Crippen LogP contribution is 2.17. The number of hydrogen-bond donors (Lipinski definition) is 2. The molecular formula is C15H22N4. The third-order valence-corrected chi connectivity index (χ3v) is 2.91. The van der Waals surface area contributed by atoms with Crippen LogP contribution in [0.15, 0.2) is 24.3 Å². The van der Waals surface area contributed by atoms with Crippen molar-refractivity contribution in [2.24, 2.45) is 0 Å². The third-order valence-electron chi connectivity index (χ3n) is 2.91. The smallest absolute Gasteiger partial charge is 0.155 e. The second-order valence-corrected chi connectivity index (χ2v) is 5.90. The summed E-state index contributed by atoms with van der Waals surface area (Å²) in [4.78, 5) is 4.52. The number of aryl methyl sites for hydroxylation is 1. The largest absolute Gasteiger partial charge is 0.385 e. The quantitative estimate of drug-likeness (QED) is 0.886. The summed E-state index contributed by atoms with van der Waals surface area (Å²) >= 11 is 0. The van der Waals surface area contributed by atoms with Crippen LogP contribution in [0.3, 0.4) is 0 Å². The summed E-state index contributed by atoms with van der Waals surface area (Å²) in [7, 11) is 0. The van der Waals surface area contributed by atoms with Gasteiger partial charge in [-0.15, -0.1) is 0 Å². The van der Waals surface area contributed by atoms with Crippen molar-refractivity contribution in [1.82, 2.24) is 15.2 Å². The zero-order valence-electron chi connectivity index (χ0n) is 12.1. The Bertz CT molecular complexity index is 537. The zero-order valence-corrected chi connectivity index (χ0v) is 12.1. The fourth-order valence-electron chi connectivity index (χ4n) is 1.82. The average molecular weight is 258 g/mol. The third kappa shape index (κ3) is 3.81. The molecule has 1 heterocycles. The van der Waals surface area contributed by atoms with Gasteiger partial charge in [0.25, 0.3) is 0 Å². The van der Waals surface area contributed by atoms with Gasteiger partial charge in [-0.25, -0.2) is 4.98 Å². The number of H-pyrrole nitrogens is 1. The van der Waals surface area contributed by atoms with E-state index in [1.165, 1.54) is 5.56 Å². The molecule has 0 radical (unpaired) electrons. The molecule has 4 nitrogen and oxygen atoms in total. The Hall–Kier alpha value is -1.84. The number of anilines is 1. The highest BCUT2D eigenvalue weighted by molar-refractivity contribution is 5.45. The molecule has 2 N–H and O–H groups in total. The predicted molar refractivity (Wildman–Crippen MR) is 78.5 cm³/mol. The molecule has 0 bridgehead atoms. The molecule has 102 valence electrons. The topological polar surface area (TPSA) is 53.6 Å². The molecule has 19 heavy (non-hydrogen) atoms. The Kier molecular flexibility index (Phi) is 3.88. The zero-order chi connectivity index (χ0) is 13.9. The molecule has 2 aromatic rings. The number of nitrogens with one attached hydrogen (secondary N) is 2. The van der Waals surface area contributed by atoms with E-state index in [1.807, 2.05) is 0 Å². The first-order chi connectivity index (χ1) is 8.95. The van der Waals surface area contributed by atoms with Crippen LogP contribution in [0.5, 0.6) is 0 Å². The molecule has 4 heteroatoms. The highest BCUT2D eigenvalue weighted by atomic mass is 15.2. The average Bonchev–Trinajstić information content (AvgIpc) is 2.77. The second-order valence-electron chi connectivity index (χ2n) is 5.90. The van der Waals surface area contributed by atoms with Crippen LogP contribution in [0, 0.1) is 6.92 Å². The summed E-state index contributed by atoms with van der Waals surface area (Å²) in [6.07, 6.45) is 0.844. The van der Waals surface area contributed by atoms with E-state index in [0.717, 1.165) is 30.3 Å². The van der Waals surface area contributed by atoms with Gasteiger partial charge in [0.15, 0.2) is 5.82 Å². The minimum Gasteiger partial charge on any atom is -0.385 e. The van der Waals surface area contributed by atoms with Crippen molar-refractivity contribution in [3.8, 4) is 0 Å². The van der Waals surface area contributed by atoms with E-state index in [9.17, 15) is 0 Å². The van der Waals surface area contributed by atoms with Gasteiger partial charge in [0, 0.05) is 24.1 Å². The maximum Gasteiger partial charge on any atom is 0.155 e. The Morgan fingerprint density at radius 3 is 2.68 bits per heavy atom. The van der Waals surface area contributed by atoms with E-state index in [4.69, 9.17) is 0 Å².